The van der Waals surface area contributed by atoms with Crippen LogP contribution in [0.3, 0.4) is 0 Å². The molecule has 0 bridgehead atoms. The molecule has 1 atom stereocenters. The van der Waals surface area contributed by atoms with Gasteiger partial charge in [0, 0.05) is 6.04 Å². The first-order valence-electron chi connectivity index (χ1n) is 8.46. The summed E-state index contributed by atoms with van der Waals surface area (Å²) in [4.78, 5) is 2.47. The highest BCUT2D eigenvalue weighted by Gasteiger charge is 2.08. The number of nitrogens with zero attached hydrogens (tertiary/aromatic N) is 1. The average molecular weight is 271 g/mol. The van der Waals surface area contributed by atoms with E-state index in [4.69, 9.17) is 5.84 Å². The molecule has 0 aliphatic carbocycles. The number of hydrogen-bond acceptors (Lipinski definition) is 3. The molecule has 0 spiro atoms. The van der Waals surface area contributed by atoms with Crippen molar-refractivity contribution in [3.05, 3.63) is 0 Å². The maximum Gasteiger partial charge on any atom is 0.0222 e. The molecule has 0 radical (unpaired) electrons. The van der Waals surface area contributed by atoms with E-state index in [0.717, 1.165) is 13.1 Å². The summed E-state index contributed by atoms with van der Waals surface area (Å²) < 4.78 is 0. The van der Waals surface area contributed by atoms with E-state index in [-0.39, 0.29) is 0 Å². The lowest BCUT2D eigenvalue weighted by atomic mass is 10.0. The molecule has 0 amide bonds. The van der Waals surface area contributed by atoms with Crippen LogP contribution < -0.4 is 11.3 Å². The lowest BCUT2D eigenvalue weighted by Crippen LogP contribution is -2.38. The van der Waals surface area contributed by atoms with Crippen molar-refractivity contribution in [2.75, 3.05) is 19.6 Å². The number of unbranched alkanes of at least 4 members (excludes halogenated alkanes) is 6. The molecule has 0 rings (SSSR count). The van der Waals surface area contributed by atoms with Crippen LogP contribution in [0.1, 0.15) is 78.6 Å². The Bertz CT molecular complexity index is 169. The standard InChI is InChI=1S/C16H37N3/c1-4-7-8-9-10-11-12-13-16(18-17)14-15-19(5-2)6-3/h16,18H,4-15,17H2,1-3H3. The summed E-state index contributed by atoms with van der Waals surface area (Å²) in [5.41, 5.74) is 2.99. The first kappa shape index (κ1) is 18.9. The van der Waals surface area contributed by atoms with Gasteiger partial charge in [0.2, 0.25) is 0 Å². The summed E-state index contributed by atoms with van der Waals surface area (Å²) in [6.07, 6.45) is 12.0. The summed E-state index contributed by atoms with van der Waals surface area (Å²) in [6, 6.07) is 0.497. The number of hydrazine groups is 1. The topological polar surface area (TPSA) is 41.3 Å². The second kappa shape index (κ2) is 14.3. The van der Waals surface area contributed by atoms with Gasteiger partial charge in [0.15, 0.2) is 0 Å². The summed E-state index contributed by atoms with van der Waals surface area (Å²) in [6.45, 7) is 10.2. The molecule has 3 heteroatoms. The van der Waals surface area contributed by atoms with E-state index < -0.39 is 0 Å². The normalized spacial score (nSPS) is 13.1. The average Bonchev–Trinajstić information content (AvgIpc) is 2.45. The van der Waals surface area contributed by atoms with E-state index in [9.17, 15) is 0 Å². The molecule has 0 saturated carbocycles. The van der Waals surface area contributed by atoms with Crippen molar-refractivity contribution in [2.45, 2.75) is 84.6 Å². The highest BCUT2D eigenvalue weighted by Crippen LogP contribution is 2.11. The first-order chi connectivity index (χ1) is 9.28. The van der Waals surface area contributed by atoms with Crippen LogP contribution in [0.2, 0.25) is 0 Å². The number of nitrogens with one attached hydrogen (secondary N) is 1. The Balaban J connectivity index is 3.48. The Morgan fingerprint density at radius 1 is 0.842 bits per heavy atom. The molecule has 116 valence electrons. The first-order valence-corrected chi connectivity index (χ1v) is 8.46. The van der Waals surface area contributed by atoms with Gasteiger partial charge in [-0.05, 0) is 32.5 Å². The van der Waals surface area contributed by atoms with E-state index in [0.29, 0.717) is 6.04 Å². The molecule has 3 N–H and O–H groups in total. The highest BCUT2D eigenvalue weighted by molar-refractivity contribution is 4.66. The second-order valence-electron chi connectivity index (χ2n) is 5.59. The zero-order chi connectivity index (χ0) is 14.3. The fraction of sp³-hybridized carbons (Fsp3) is 1.00. The number of nitrogens with two attached hydrogens (primary N) is 1. The smallest absolute Gasteiger partial charge is 0.0222 e. The van der Waals surface area contributed by atoms with Crippen LogP contribution in [0.15, 0.2) is 0 Å². The van der Waals surface area contributed by atoms with E-state index in [1.165, 1.54) is 64.3 Å². The van der Waals surface area contributed by atoms with Crippen molar-refractivity contribution in [2.24, 2.45) is 5.84 Å². The highest BCUT2D eigenvalue weighted by atomic mass is 15.2. The fourth-order valence-electron chi connectivity index (χ4n) is 2.54. The molecule has 1 unspecified atom stereocenters. The summed E-state index contributed by atoms with van der Waals surface area (Å²) in [7, 11) is 0. The van der Waals surface area contributed by atoms with Gasteiger partial charge in [-0.25, -0.2) is 0 Å². The Morgan fingerprint density at radius 3 is 1.95 bits per heavy atom. The van der Waals surface area contributed by atoms with Crippen LogP contribution in [0.25, 0.3) is 0 Å². The SMILES string of the molecule is CCCCCCCCCC(CCN(CC)CC)NN. The molecule has 0 fully saturated rings. The Hall–Kier alpha value is -0.120. The molecule has 0 aromatic carbocycles. The van der Waals surface area contributed by atoms with Gasteiger partial charge in [-0.3, -0.25) is 11.3 Å². The zero-order valence-electron chi connectivity index (χ0n) is 13.6. The van der Waals surface area contributed by atoms with Crippen molar-refractivity contribution in [3.8, 4) is 0 Å². The zero-order valence-corrected chi connectivity index (χ0v) is 13.6. The van der Waals surface area contributed by atoms with Gasteiger partial charge in [-0.15, -0.1) is 0 Å². The van der Waals surface area contributed by atoms with E-state index >= 15 is 0 Å². The maximum atomic E-state index is 5.65. The third kappa shape index (κ3) is 11.4. The largest absolute Gasteiger partial charge is 0.304 e. The van der Waals surface area contributed by atoms with Gasteiger partial charge < -0.3 is 4.90 Å². The van der Waals surface area contributed by atoms with Gasteiger partial charge in [0.25, 0.3) is 0 Å². The van der Waals surface area contributed by atoms with Crippen LogP contribution in [0.5, 0.6) is 0 Å². The summed E-state index contributed by atoms with van der Waals surface area (Å²) in [5.74, 6) is 5.65. The van der Waals surface area contributed by atoms with Gasteiger partial charge in [-0.1, -0.05) is 65.7 Å². The van der Waals surface area contributed by atoms with Crippen LogP contribution in [-0.4, -0.2) is 30.6 Å². The Labute approximate surface area is 121 Å². The molecule has 0 aromatic rings. The Morgan fingerprint density at radius 2 is 1.42 bits per heavy atom. The van der Waals surface area contributed by atoms with Crippen molar-refractivity contribution in [1.29, 1.82) is 0 Å². The molecule has 0 aliphatic heterocycles. The predicted molar refractivity (Wildman–Crippen MR) is 86.1 cm³/mol. The molecular formula is C16H37N3. The van der Waals surface area contributed by atoms with Crippen LogP contribution in [0.4, 0.5) is 0 Å². The van der Waals surface area contributed by atoms with Gasteiger partial charge >= 0.3 is 0 Å². The molecule has 3 nitrogen and oxygen atoms in total. The monoisotopic (exact) mass is 271 g/mol. The van der Waals surface area contributed by atoms with E-state index in [1.54, 1.807) is 0 Å². The number of rotatable bonds is 14. The minimum atomic E-state index is 0.497. The second-order valence-corrected chi connectivity index (χ2v) is 5.59. The summed E-state index contributed by atoms with van der Waals surface area (Å²) >= 11 is 0. The van der Waals surface area contributed by atoms with Crippen molar-refractivity contribution < 1.29 is 0 Å². The fourth-order valence-corrected chi connectivity index (χ4v) is 2.54. The number of hydrogen-bond donors (Lipinski definition) is 2. The minimum absolute atomic E-state index is 0.497. The van der Waals surface area contributed by atoms with Crippen molar-refractivity contribution in [1.82, 2.24) is 10.3 Å². The van der Waals surface area contributed by atoms with Crippen LogP contribution in [0, 0.1) is 0 Å². The predicted octanol–water partition coefficient (Wildman–Crippen LogP) is 3.69. The lowest BCUT2D eigenvalue weighted by Gasteiger charge is -2.22. The molecule has 0 aliphatic rings. The maximum absolute atomic E-state index is 5.65. The third-order valence-corrected chi connectivity index (χ3v) is 4.08. The van der Waals surface area contributed by atoms with E-state index in [1.807, 2.05) is 0 Å². The van der Waals surface area contributed by atoms with Crippen molar-refractivity contribution in [3.63, 3.8) is 0 Å². The van der Waals surface area contributed by atoms with Crippen molar-refractivity contribution >= 4 is 0 Å². The minimum Gasteiger partial charge on any atom is -0.304 e. The van der Waals surface area contributed by atoms with E-state index in [2.05, 4.69) is 31.1 Å². The van der Waals surface area contributed by atoms with Crippen LogP contribution in [-0.2, 0) is 0 Å². The van der Waals surface area contributed by atoms with Gasteiger partial charge in [0.05, 0.1) is 0 Å². The quantitative estimate of drug-likeness (QED) is 0.288. The third-order valence-electron chi connectivity index (χ3n) is 4.08. The molecule has 19 heavy (non-hydrogen) atoms. The van der Waals surface area contributed by atoms with Gasteiger partial charge in [0.1, 0.15) is 0 Å². The molecule has 0 saturated heterocycles. The molecule has 0 aromatic heterocycles. The van der Waals surface area contributed by atoms with Crippen LogP contribution >= 0.6 is 0 Å². The molecular weight excluding hydrogens is 234 g/mol. The molecule has 0 heterocycles. The lowest BCUT2D eigenvalue weighted by molar-refractivity contribution is 0.276. The van der Waals surface area contributed by atoms with Gasteiger partial charge in [-0.2, -0.15) is 0 Å². The Kier molecular flexibility index (Phi) is 14.2. The summed E-state index contributed by atoms with van der Waals surface area (Å²) in [5, 5.41) is 0.